The van der Waals surface area contributed by atoms with Gasteiger partial charge in [-0.3, -0.25) is 9.89 Å². The lowest BCUT2D eigenvalue weighted by molar-refractivity contribution is 0.0195. The maximum absolute atomic E-state index is 5.45. The molecule has 2 rings (SSSR count). The summed E-state index contributed by atoms with van der Waals surface area (Å²) in [7, 11) is 0. The van der Waals surface area contributed by atoms with Crippen LogP contribution in [0.2, 0.25) is 0 Å². The Labute approximate surface area is 134 Å². The second-order valence-electron chi connectivity index (χ2n) is 5.82. The number of nitrogens with one attached hydrogen (secondary N) is 1. The number of aliphatic imine (C=N–C) groups is 1. The first kappa shape index (κ1) is 17.5. The molecule has 0 aromatic carbocycles. The van der Waals surface area contributed by atoms with Crippen LogP contribution >= 0.6 is 0 Å². The van der Waals surface area contributed by atoms with Gasteiger partial charge < -0.3 is 19.7 Å². The molecule has 6 nitrogen and oxygen atoms in total. The van der Waals surface area contributed by atoms with E-state index in [0.29, 0.717) is 6.04 Å². The van der Waals surface area contributed by atoms with Gasteiger partial charge in [0.2, 0.25) is 0 Å². The van der Waals surface area contributed by atoms with E-state index in [1.165, 1.54) is 6.42 Å². The van der Waals surface area contributed by atoms with Gasteiger partial charge in [0.25, 0.3) is 0 Å². The summed E-state index contributed by atoms with van der Waals surface area (Å²) in [6, 6.07) is 0.649. The van der Waals surface area contributed by atoms with Crippen molar-refractivity contribution < 1.29 is 9.47 Å². The summed E-state index contributed by atoms with van der Waals surface area (Å²) < 4.78 is 10.8. The molecule has 6 heteroatoms. The number of rotatable bonds is 7. The first-order chi connectivity index (χ1) is 10.8. The van der Waals surface area contributed by atoms with Crippen LogP contribution < -0.4 is 5.32 Å². The Hall–Kier alpha value is -0.850. The molecule has 0 bridgehead atoms. The van der Waals surface area contributed by atoms with Gasteiger partial charge in [0, 0.05) is 58.5 Å². The molecule has 0 spiro atoms. The first-order valence-corrected chi connectivity index (χ1v) is 8.78. The number of ether oxygens (including phenoxy) is 2. The highest BCUT2D eigenvalue weighted by molar-refractivity contribution is 5.80. The highest BCUT2D eigenvalue weighted by atomic mass is 16.5. The van der Waals surface area contributed by atoms with Crippen molar-refractivity contribution in [1.82, 2.24) is 15.1 Å². The minimum Gasteiger partial charge on any atom is -0.382 e. The summed E-state index contributed by atoms with van der Waals surface area (Å²) in [4.78, 5) is 9.73. The van der Waals surface area contributed by atoms with Crippen molar-refractivity contribution >= 4 is 5.96 Å². The summed E-state index contributed by atoms with van der Waals surface area (Å²) >= 11 is 0. The van der Waals surface area contributed by atoms with Crippen molar-refractivity contribution in [3.05, 3.63) is 0 Å². The highest BCUT2D eigenvalue weighted by Gasteiger charge is 2.30. The number of likely N-dealkylation sites (tertiary alicyclic amines) is 1. The molecule has 0 aliphatic carbocycles. The fraction of sp³-hybridized carbons (Fsp3) is 0.938. The van der Waals surface area contributed by atoms with Crippen LogP contribution in [0.4, 0.5) is 0 Å². The molecule has 1 unspecified atom stereocenters. The van der Waals surface area contributed by atoms with Crippen molar-refractivity contribution in [3.63, 3.8) is 0 Å². The molecule has 1 N–H and O–H groups in total. The topological polar surface area (TPSA) is 49.3 Å². The summed E-state index contributed by atoms with van der Waals surface area (Å²) in [6.07, 6.45) is 2.22. The lowest BCUT2D eigenvalue weighted by atomic mass is 10.2. The van der Waals surface area contributed by atoms with Crippen molar-refractivity contribution in [2.75, 3.05) is 65.7 Å². The molecule has 0 radical (unpaired) electrons. The molecule has 1 atom stereocenters. The Morgan fingerprint density at radius 1 is 1.27 bits per heavy atom. The van der Waals surface area contributed by atoms with Gasteiger partial charge in [-0.2, -0.15) is 0 Å². The van der Waals surface area contributed by atoms with Crippen LogP contribution in [0.3, 0.4) is 0 Å². The first-order valence-electron chi connectivity index (χ1n) is 8.78. The predicted molar refractivity (Wildman–Crippen MR) is 89.5 cm³/mol. The van der Waals surface area contributed by atoms with Gasteiger partial charge in [-0.05, 0) is 26.7 Å². The molecular formula is C16H32N4O2. The van der Waals surface area contributed by atoms with Crippen molar-refractivity contribution in [1.29, 1.82) is 0 Å². The summed E-state index contributed by atoms with van der Waals surface area (Å²) in [5, 5.41) is 3.43. The molecule has 22 heavy (non-hydrogen) atoms. The summed E-state index contributed by atoms with van der Waals surface area (Å²) in [6.45, 7) is 13.6. The smallest absolute Gasteiger partial charge is 0.193 e. The highest BCUT2D eigenvalue weighted by Crippen LogP contribution is 2.17. The fourth-order valence-electron chi connectivity index (χ4n) is 3.10. The Bertz CT molecular complexity index is 332. The van der Waals surface area contributed by atoms with Crippen LogP contribution in [0.15, 0.2) is 4.99 Å². The van der Waals surface area contributed by atoms with E-state index in [4.69, 9.17) is 14.5 Å². The third kappa shape index (κ3) is 5.41. The average Bonchev–Trinajstić information content (AvgIpc) is 3.04. The van der Waals surface area contributed by atoms with Crippen LogP contribution in [-0.4, -0.2) is 87.5 Å². The minimum absolute atomic E-state index is 0.649. The lowest BCUT2D eigenvalue weighted by Gasteiger charge is -2.32. The standard InChI is InChI=1S/C16H32N4O2/c1-3-17-16(18-7-5-11-21-4-2)20-8-6-15(14-20)19-9-12-22-13-10-19/h15H,3-14H2,1-2H3,(H,17,18). The van der Waals surface area contributed by atoms with Gasteiger partial charge >= 0.3 is 0 Å². The van der Waals surface area contributed by atoms with E-state index in [9.17, 15) is 0 Å². The van der Waals surface area contributed by atoms with Crippen LogP contribution in [0.25, 0.3) is 0 Å². The molecule has 2 aliphatic rings. The number of guanidine groups is 1. The molecule has 128 valence electrons. The third-order valence-corrected chi connectivity index (χ3v) is 4.27. The van der Waals surface area contributed by atoms with Crippen molar-refractivity contribution in [2.45, 2.75) is 32.7 Å². The van der Waals surface area contributed by atoms with E-state index >= 15 is 0 Å². The molecule has 2 aliphatic heterocycles. The fourth-order valence-corrected chi connectivity index (χ4v) is 3.10. The molecule has 0 aromatic rings. The summed E-state index contributed by atoms with van der Waals surface area (Å²) in [5.41, 5.74) is 0. The molecule has 0 aromatic heterocycles. The van der Waals surface area contributed by atoms with Gasteiger partial charge in [-0.25, -0.2) is 0 Å². The molecule has 0 amide bonds. The Balaban J connectivity index is 1.79. The van der Waals surface area contributed by atoms with Crippen LogP contribution in [0.1, 0.15) is 26.7 Å². The minimum atomic E-state index is 0.649. The van der Waals surface area contributed by atoms with Crippen LogP contribution in [0, 0.1) is 0 Å². The zero-order valence-corrected chi connectivity index (χ0v) is 14.2. The third-order valence-electron chi connectivity index (χ3n) is 4.27. The Morgan fingerprint density at radius 3 is 2.82 bits per heavy atom. The van der Waals surface area contributed by atoms with E-state index in [1.54, 1.807) is 0 Å². The number of hydrogen-bond donors (Lipinski definition) is 1. The largest absolute Gasteiger partial charge is 0.382 e. The van der Waals surface area contributed by atoms with Gasteiger partial charge in [-0.15, -0.1) is 0 Å². The second-order valence-corrected chi connectivity index (χ2v) is 5.82. The number of hydrogen-bond acceptors (Lipinski definition) is 4. The van der Waals surface area contributed by atoms with Gasteiger partial charge in [0.1, 0.15) is 0 Å². The average molecular weight is 312 g/mol. The van der Waals surface area contributed by atoms with Gasteiger partial charge in [0.05, 0.1) is 13.2 Å². The molecule has 2 heterocycles. The van der Waals surface area contributed by atoms with Crippen LogP contribution in [-0.2, 0) is 9.47 Å². The molecule has 2 fully saturated rings. The van der Waals surface area contributed by atoms with Crippen LogP contribution in [0.5, 0.6) is 0 Å². The Morgan fingerprint density at radius 2 is 2.09 bits per heavy atom. The van der Waals surface area contributed by atoms with E-state index in [2.05, 4.69) is 22.0 Å². The monoisotopic (exact) mass is 312 g/mol. The maximum Gasteiger partial charge on any atom is 0.193 e. The van der Waals surface area contributed by atoms with E-state index in [-0.39, 0.29) is 0 Å². The number of morpholine rings is 1. The van der Waals surface area contributed by atoms with E-state index in [1.807, 2.05) is 6.92 Å². The van der Waals surface area contributed by atoms with E-state index < -0.39 is 0 Å². The SMILES string of the molecule is CCNC(=NCCCOCC)N1CCC(N2CCOCC2)C1. The van der Waals surface area contributed by atoms with Gasteiger partial charge in [0.15, 0.2) is 5.96 Å². The Kier molecular flexibility index (Phi) is 7.98. The van der Waals surface area contributed by atoms with Crippen molar-refractivity contribution in [3.8, 4) is 0 Å². The van der Waals surface area contributed by atoms with Gasteiger partial charge in [-0.1, -0.05) is 0 Å². The predicted octanol–water partition coefficient (Wildman–Crippen LogP) is 0.785. The quantitative estimate of drug-likeness (QED) is 0.428. The lowest BCUT2D eigenvalue weighted by Crippen LogP contribution is -2.46. The maximum atomic E-state index is 5.45. The zero-order valence-electron chi connectivity index (χ0n) is 14.2. The molecule has 2 saturated heterocycles. The molecule has 0 saturated carbocycles. The zero-order chi connectivity index (χ0) is 15.6. The van der Waals surface area contributed by atoms with Crippen molar-refractivity contribution in [2.24, 2.45) is 4.99 Å². The molecular weight excluding hydrogens is 280 g/mol. The summed E-state index contributed by atoms with van der Waals surface area (Å²) in [5.74, 6) is 1.06. The second kappa shape index (κ2) is 10.0. The normalized spacial score (nSPS) is 24.0. The number of nitrogens with zero attached hydrogens (tertiary/aromatic N) is 3. The van der Waals surface area contributed by atoms with E-state index in [0.717, 1.165) is 78.1 Å².